The van der Waals surface area contributed by atoms with Gasteiger partial charge in [0.15, 0.2) is 0 Å². The van der Waals surface area contributed by atoms with Crippen molar-refractivity contribution in [2.45, 2.75) is 6.92 Å². The number of H-pyrrole nitrogens is 1. The minimum atomic E-state index is 1.19. The normalized spacial score (nSPS) is 11.9. The molecule has 128 valence electrons. The second-order valence-electron chi connectivity index (χ2n) is 7.25. The molecular weight excluding hydrogens is 328 g/mol. The number of nitrogens with zero attached hydrogens (tertiary/aromatic N) is 1. The number of aromatic nitrogens is 2. The third kappa shape index (κ3) is 1.95. The molecule has 0 aliphatic heterocycles. The van der Waals surface area contributed by atoms with E-state index in [1.54, 1.807) is 0 Å². The number of fused-ring (bicyclic) bond motifs is 7. The Kier molecular flexibility index (Phi) is 2.84. The molecule has 4 aromatic carbocycles. The molecule has 27 heavy (non-hydrogen) atoms. The lowest BCUT2D eigenvalue weighted by atomic mass is 10.1. The van der Waals surface area contributed by atoms with Crippen LogP contribution in [0.5, 0.6) is 0 Å². The molecule has 0 radical (unpaired) electrons. The third-order valence-electron chi connectivity index (χ3n) is 5.58. The van der Waals surface area contributed by atoms with Crippen LogP contribution in [0.3, 0.4) is 0 Å². The van der Waals surface area contributed by atoms with Crippen LogP contribution in [0.1, 0.15) is 5.56 Å². The van der Waals surface area contributed by atoms with Crippen molar-refractivity contribution in [2.75, 3.05) is 0 Å². The van der Waals surface area contributed by atoms with Gasteiger partial charge >= 0.3 is 0 Å². The summed E-state index contributed by atoms with van der Waals surface area (Å²) >= 11 is 0. The highest BCUT2D eigenvalue weighted by atomic mass is 15.0. The van der Waals surface area contributed by atoms with Crippen molar-refractivity contribution in [1.82, 2.24) is 9.55 Å². The SMILES string of the molecule is Cc1ccc2c(c1)[nH]c1c2ccc2c3ccccc3n(-c3ccccc3)c21. The number of benzene rings is 4. The zero-order chi connectivity index (χ0) is 18.0. The van der Waals surface area contributed by atoms with Crippen LogP contribution in [0, 0.1) is 6.92 Å². The van der Waals surface area contributed by atoms with E-state index in [9.17, 15) is 0 Å². The zero-order valence-electron chi connectivity index (χ0n) is 15.0. The Bertz CT molecular complexity index is 1470. The van der Waals surface area contributed by atoms with E-state index >= 15 is 0 Å². The molecule has 6 aromatic rings. The fourth-order valence-corrected chi connectivity index (χ4v) is 4.38. The lowest BCUT2D eigenvalue weighted by Crippen LogP contribution is -1.93. The first-order valence-electron chi connectivity index (χ1n) is 9.31. The van der Waals surface area contributed by atoms with Gasteiger partial charge in [0.1, 0.15) is 0 Å². The standard InChI is InChI=1S/C25H18N2/c1-16-11-12-18-20-13-14-21-19-9-5-6-10-23(19)27(17-7-3-2-4-8-17)25(21)24(20)26-22(18)15-16/h2-15,26H,1H3. The Balaban J connectivity index is 1.90. The maximum atomic E-state index is 3.71. The quantitative estimate of drug-likeness (QED) is 0.341. The van der Waals surface area contributed by atoms with Crippen LogP contribution in [0.2, 0.25) is 0 Å². The fourth-order valence-electron chi connectivity index (χ4n) is 4.38. The number of aryl methyl sites for hydroxylation is 1. The molecule has 0 spiro atoms. The number of hydrogen-bond acceptors (Lipinski definition) is 0. The smallest absolute Gasteiger partial charge is 0.0783 e. The van der Waals surface area contributed by atoms with Crippen molar-refractivity contribution in [3.05, 3.63) is 90.5 Å². The van der Waals surface area contributed by atoms with E-state index in [0.717, 1.165) is 0 Å². The molecule has 0 atom stereocenters. The van der Waals surface area contributed by atoms with E-state index < -0.39 is 0 Å². The van der Waals surface area contributed by atoms with E-state index in [2.05, 4.69) is 101 Å². The molecule has 0 saturated heterocycles. The molecule has 2 nitrogen and oxygen atoms in total. The maximum absolute atomic E-state index is 3.71. The van der Waals surface area contributed by atoms with Gasteiger partial charge in [0.05, 0.1) is 16.6 Å². The number of rotatable bonds is 1. The van der Waals surface area contributed by atoms with Gasteiger partial charge in [-0.25, -0.2) is 0 Å². The average molecular weight is 346 g/mol. The Morgan fingerprint density at radius 1 is 0.667 bits per heavy atom. The van der Waals surface area contributed by atoms with E-state index in [1.807, 2.05) is 0 Å². The summed E-state index contributed by atoms with van der Waals surface area (Å²) in [5.74, 6) is 0. The Morgan fingerprint density at radius 3 is 2.30 bits per heavy atom. The molecule has 0 unspecified atom stereocenters. The van der Waals surface area contributed by atoms with Crippen LogP contribution in [0.15, 0.2) is 84.9 Å². The zero-order valence-corrected chi connectivity index (χ0v) is 15.0. The van der Waals surface area contributed by atoms with E-state index in [1.165, 1.54) is 54.9 Å². The van der Waals surface area contributed by atoms with Gasteiger partial charge in [-0.2, -0.15) is 0 Å². The van der Waals surface area contributed by atoms with Crippen molar-refractivity contribution in [3.63, 3.8) is 0 Å². The van der Waals surface area contributed by atoms with Gasteiger partial charge in [0, 0.05) is 32.7 Å². The Hall–Kier alpha value is -3.52. The number of para-hydroxylation sites is 2. The van der Waals surface area contributed by atoms with Crippen LogP contribution >= 0.6 is 0 Å². The average Bonchev–Trinajstić information content (AvgIpc) is 3.23. The summed E-state index contributed by atoms with van der Waals surface area (Å²) in [4.78, 5) is 3.71. The van der Waals surface area contributed by atoms with E-state index in [4.69, 9.17) is 0 Å². The third-order valence-corrected chi connectivity index (χ3v) is 5.58. The predicted molar refractivity (Wildman–Crippen MR) is 115 cm³/mol. The molecule has 2 aromatic heterocycles. The summed E-state index contributed by atoms with van der Waals surface area (Å²) in [6.07, 6.45) is 0. The summed E-state index contributed by atoms with van der Waals surface area (Å²) in [6.45, 7) is 2.14. The monoisotopic (exact) mass is 346 g/mol. The minimum absolute atomic E-state index is 1.19. The van der Waals surface area contributed by atoms with Crippen LogP contribution in [0.25, 0.3) is 49.3 Å². The van der Waals surface area contributed by atoms with Crippen LogP contribution < -0.4 is 0 Å². The van der Waals surface area contributed by atoms with Gasteiger partial charge in [-0.15, -0.1) is 0 Å². The van der Waals surface area contributed by atoms with Crippen LogP contribution in [-0.2, 0) is 0 Å². The van der Waals surface area contributed by atoms with Gasteiger partial charge in [-0.05, 0) is 36.8 Å². The summed E-state index contributed by atoms with van der Waals surface area (Å²) in [5.41, 5.74) is 7.34. The van der Waals surface area contributed by atoms with E-state index in [-0.39, 0.29) is 0 Å². The molecule has 2 heteroatoms. The molecule has 0 saturated carbocycles. The maximum Gasteiger partial charge on any atom is 0.0783 e. The molecule has 2 heterocycles. The first-order chi connectivity index (χ1) is 13.3. The van der Waals surface area contributed by atoms with Gasteiger partial charge < -0.3 is 9.55 Å². The fraction of sp³-hybridized carbons (Fsp3) is 0.0400. The molecule has 0 aliphatic rings. The first kappa shape index (κ1) is 14.6. The molecule has 0 bridgehead atoms. The Labute approximate surface area is 156 Å². The molecule has 0 amide bonds. The highest BCUT2D eigenvalue weighted by molar-refractivity contribution is 6.22. The summed E-state index contributed by atoms with van der Waals surface area (Å²) in [6, 6.07) is 30.5. The second-order valence-corrected chi connectivity index (χ2v) is 7.25. The summed E-state index contributed by atoms with van der Waals surface area (Å²) < 4.78 is 2.38. The lowest BCUT2D eigenvalue weighted by Gasteiger charge is -2.08. The minimum Gasteiger partial charge on any atom is -0.353 e. The molecule has 0 fully saturated rings. The van der Waals surface area contributed by atoms with E-state index in [0.29, 0.717) is 0 Å². The lowest BCUT2D eigenvalue weighted by molar-refractivity contribution is 1.18. The van der Waals surface area contributed by atoms with Gasteiger partial charge in [0.2, 0.25) is 0 Å². The van der Waals surface area contributed by atoms with Crippen molar-refractivity contribution in [3.8, 4) is 5.69 Å². The van der Waals surface area contributed by atoms with Crippen molar-refractivity contribution in [1.29, 1.82) is 0 Å². The highest BCUT2D eigenvalue weighted by Crippen LogP contribution is 2.38. The molecule has 0 aliphatic carbocycles. The second kappa shape index (κ2) is 5.24. The number of hydrogen-bond donors (Lipinski definition) is 1. The van der Waals surface area contributed by atoms with Gasteiger partial charge in [-0.3, -0.25) is 0 Å². The molecule has 1 N–H and O–H groups in total. The van der Waals surface area contributed by atoms with Crippen LogP contribution in [0.4, 0.5) is 0 Å². The van der Waals surface area contributed by atoms with Gasteiger partial charge in [0.25, 0.3) is 0 Å². The summed E-state index contributed by atoms with van der Waals surface area (Å²) in [7, 11) is 0. The van der Waals surface area contributed by atoms with Gasteiger partial charge in [-0.1, -0.05) is 60.7 Å². The van der Waals surface area contributed by atoms with Crippen molar-refractivity contribution < 1.29 is 0 Å². The molecule has 6 rings (SSSR count). The van der Waals surface area contributed by atoms with Crippen molar-refractivity contribution >= 4 is 43.6 Å². The topological polar surface area (TPSA) is 20.7 Å². The predicted octanol–water partition coefficient (Wildman–Crippen LogP) is 6.73. The number of nitrogens with one attached hydrogen (secondary N) is 1. The van der Waals surface area contributed by atoms with Crippen molar-refractivity contribution in [2.24, 2.45) is 0 Å². The molecular formula is C25H18N2. The first-order valence-corrected chi connectivity index (χ1v) is 9.31. The summed E-state index contributed by atoms with van der Waals surface area (Å²) in [5, 5.41) is 5.12. The highest BCUT2D eigenvalue weighted by Gasteiger charge is 2.16. The number of aromatic amines is 1. The largest absolute Gasteiger partial charge is 0.353 e. The Morgan fingerprint density at radius 2 is 1.41 bits per heavy atom. The van der Waals surface area contributed by atoms with Crippen LogP contribution in [-0.4, -0.2) is 9.55 Å².